The van der Waals surface area contributed by atoms with Crippen molar-refractivity contribution >= 4 is 16.9 Å². The molecule has 3 aromatic rings. The number of rotatable bonds is 6. The summed E-state index contributed by atoms with van der Waals surface area (Å²) in [5, 5.41) is 21.9. The van der Waals surface area contributed by atoms with Crippen LogP contribution in [0.25, 0.3) is 10.9 Å². The van der Waals surface area contributed by atoms with Crippen molar-refractivity contribution in [2.45, 2.75) is 6.10 Å². The third kappa shape index (κ3) is 3.18. The van der Waals surface area contributed by atoms with Gasteiger partial charge in [-0.3, -0.25) is 0 Å². The number of aromatic hydroxyl groups is 1. The molecule has 3 rings (SSSR count). The minimum atomic E-state index is -1.26. The SMILES string of the molecule is COC(=O)c1[nH]c2ccc(OC)cc2c1C(O)c1cc(O)c(OC)c(OC)c1. The zero-order valence-electron chi connectivity index (χ0n) is 15.9. The average molecular weight is 387 g/mol. The van der Waals surface area contributed by atoms with Gasteiger partial charge in [0.2, 0.25) is 5.75 Å². The molecule has 3 N–H and O–H groups in total. The molecule has 8 heteroatoms. The molecular weight excluding hydrogens is 366 g/mol. The number of H-pyrrole nitrogens is 1. The highest BCUT2D eigenvalue weighted by atomic mass is 16.5. The Bertz CT molecular complexity index is 1030. The van der Waals surface area contributed by atoms with Gasteiger partial charge in [-0.05, 0) is 35.9 Å². The maximum Gasteiger partial charge on any atom is 0.354 e. The number of hydrogen-bond acceptors (Lipinski definition) is 7. The summed E-state index contributed by atoms with van der Waals surface area (Å²) in [6.45, 7) is 0. The summed E-state index contributed by atoms with van der Waals surface area (Å²) in [5.41, 5.74) is 1.34. The lowest BCUT2D eigenvalue weighted by atomic mass is 9.97. The highest BCUT2D eigenvalue weighted by Gasteiger charge is 2.27. The molecule has 0 saturated carbocycles. The second kappa shape index (κ2) is 7.69. The number of carbonyl (C=O) groups is 1. The van der Waals surface area contributed by atoms with Crippen LogP contribution in [0.15, 0.2) is 30.3 Å². The molecule has 0 radical (unpaired) electrons. The fraction of sp³-hybridized carbons (Fsp3) is 0.250. The molecule has 1 heterocycles. The van der Waals surface area contributed by atoms with Crippen LogP contribution in [-0.2, 0) is 4.74 Å². The van der Waals surface area contributed by atoms with Crippen molar-refractivity contribution < 1.29 is 34.0 Å². The Balaban J connectivity index is 2.24. The van der Waals surface area contributed by atoms with Crippen molar-refractivity contribution in [1.82, 2.24) is 4.98 Å². The molecule has 28 heavy (non-hydrogen) atoms. The lowest BCUT2D eigenvalue weighted by Gasteiger charge is -2.16. The number of phenolic OH excluding ortho intramolecular Hbond substituents is 1. The largest absolute Gasteiger partial charge is 0.504 e. The van der Waals surface area contributed by atoms with Gasteiger partial charge in [0, 0.05) is 16.5 Å². The van der Waals surface area contributed by atoms with Crippen molar-refractivity contribution in [3.8, 4) is 23.0 Å². The normalized spacial score (nSPS) is 11.9. The summed E-state index contributed by atoms with van der Waals surface area (Å²) in [4.78, 5) is 15.3. The summed E-state index contributed by atoms with van der Waals surface area (Å²) in [7, 11) is 5.60. The average Bonchev–Trinajstić information content (AvgIpc) is 3.10. The topological polar surface area (TPSA) is 110 Å². The number of fused-ring (bicyclic) bond motifs is 1. The molecule has 0 fully saturated rings. The number of esters is 1. The van der Waals surface area contributed by atoms with E-state index in [1.807, 2.05) is 0 Å². The molecule has 2 aromatic carbocycles. The van der Waals surface area contributed by atoms with E-state index in [1.165, 1.54) is 40.6 Å². The van der Waals surface area contributed by atoms with Crippen LogP contribution in [0.2, 0.25) is 0 Å². The van der Waals surface area contributed by atoms with Gasteiger partial charge in [0.05, 0.1) is 28.4 Å². The van der Waals surface area contributed by atoms with Crippen LogP contribution >= 0.6 is 0 Å². The Morgan fingerprint density at radius 3 is 2.39 bits per heavy atom. The van der Waals surface area contributed by atoms with Crippen LogP contribution in [0, 0.1) is 0 Å². The first-order valence-corrected chi connectivity index (χ1v) is 8.36. The van der Waals surface area contributed by atoms with E-state index in [0.717, 1.165) is 0 Å². The molecule has 1 unspecified atom stereocenters. The Morgan fingerprint density at radius 2 is 1.79 bits per heavy atom. The van der Waals surface area contributed by atoms with Crippen LogP contribution in [-0.4, -0.2) is 49.6 Å². The molecule has 0 aliphatic heterocycles. The van der Waals surface area contributed by atoms with Gasteiger partial charge in [-0.15, -0.1) is 0 Å². The first kappa shape index (κ1) is 19.4. The third-order valence-electron chi connectivity index (χ3n) is 4.51. The lowest BCUT2D eigenvalue weighted by molar-refractivity contribution is 0.0589. The van der Waals surface area contributed by atoms with E-state index in [4.69, 9.17) is 18.9 Å². The molecular formula is C20H21NO7. The Hall–Kier alpha value is -3.39. The number of nitrogens with one attached hydrogen (secondary N) is 1. The van der Waals surface area contributed by atoms with Gasteiger partial charge >= 0.3 is 5.97 Å². The molecule has 1 atom stereocenters. The molecule has 0 saturated heterocycles. The smallest absolute Gasteiger partial charge is 0.354 e. The highest BCUT2D eigenvalue weighted by molar-refractivity contribution is 5.99. The number of ether oxygens (including phenoxy) is 4. The van der Waals surface area contributed by atoms with Crippen molar-refractivity contribution in [3.05, 3.63) is 47.2 Å². The number of aliphatic hydroxyl groups excluding tert-OH is 1. The number of aromatic amines is 1. The second-order valence-corrected chi connectivity index (χ2v) is 5.99. The maximum absolute atomic E-state index is 12.3. The summed E-state index contributed by atoms with van der Waals surface area (Å²) in [6.07, 6.45) is -1.26. The van der Waals surface area contributed by atoms with Crippen LogP contribution in [0.3, 0.4) is 0 Å². The van der Waals surface area contributed by atoms with E-state index < -0.39 is 12.1 Å². The molecule has 0 amide bonds. The number of phenols is 1. The van der Waals surface area contributed by atoms with Gasteiger partial charge < -0.3 is 34.1 Å². The lowest BCUT2D eigenvalue weighted by Crippen LogP contribution is -2.09. The van der Waals surface area contributed by atoms with Crippen molar-refractivity contribution in [2.75, 3.05) is 28.4 Å². The van der Waals surface area contributed by atoms with E-state index in [1.54, 1.807) is 18.2 Å². The molecule has 8 nitrogen and oxygen atoms in total. The van der Waals surface area contributed by atoms with Crippen molar-refractivity contribution in [2.24, 2.45) is 0 Å². The Morgan fingerprint density at radius 1 is 1.04 bits per heavy atom. The van der Waals surface area contributed by atoms with Crippen LogP contribution < -0.4 is 14.2 Å². The van der Waals surface area contributed by atoms with Gasteiger partial charge in [0.25, 0.3) is 0 Å². The summed E-state index contributed by atoms with van der Waals surface area (Å²) in [5.74, 6) is 0.120. The standard InChI is InChI=1S/C20H21NO7/c1-25-11-5-6-13-12(9-11)16(17(21-13)20(24)28-4)18(23)10-7-14(22)19(27-3)15(8-10)26-2/h5-9,18,21-23H,1-4H3. The van der Waals surface area contributed by atoms with E-state index in [0.29, 0.717) is 27.8 Å². The molecule has 0 aliphatic rings. The number of benzene rings is 2. The Kier molecular flexibility index (Phi) is 5.32. The number of carbonyl (C=O) groups excluding carboxylic acids is 1. The van der Waals surface area contributed by atoms with Gasteiger partial charge in [-0.25, -0.2) is 4.79 Å². The predicted molar refractivity (Wildman–Crippen MR) is 101 cm³/mol. The van der Waals surface area contributed by atoms with Gasteiger partial charge in [-0.1, -0.05) is 0 Å². The Labute approximate surface area is 161 Å². The zero-order chi connectivity index (χ0) is 20.4. The fourth-order valence-corrected chi connectivity index (χ4v) is 3.16. The van der Waals surface area contributed by atoms with E-state index in [2.05, 4.69) is 4.98 Å². The number of hydrogen-bond donors (Lipinski definition) is 3. The number of methoxy groups -OCH3 is 4. The minimum absolute atomic E-state index is 0.104. The van der Waals surface area contributed by atoms with Gasteiger partial charge in [0.1, 0.15) is 17.5 Å². The first-order chi connectivity index (χ1) is 13.4. The van der Waals surface area contributed by atoms with Gasteiger partial charge in [-0.2, -0.15) is 0 Å². The minimum Gasteiger partial charge on any atom is -0.504 e. The predicted octanol–water partition coefficient (Wildman–Crippen LogP) is 2.77. The quantitative estimate of drug-likeness (QED) is 0.558. The summed E-state index contributed by atoms with van der Waals surface area (Å²) < 4.78 is 20.5. The monoisotopic (exact) mass is 387 g/mol. The molecule has 1 aromatic heterocycles. The van der Waals surface area contributed by atoms with E-state index in [-0.39, 0.29) is 22.9 Å². The maximum atomic E-state index is 12.3. The molecule has 0 bridgehead atoms. The second-order valence-electron chi connectivity index (χ2n) is 5.99. The van der Waals surface area contributed by atoms with Crippen molar-refractivity contribution in [1.29, 1.82) is 0 Å². The summed E-state index contributed by atoms with van der Waals surface area (Å²) >= 11 is 0. The molecule has 0 spiro atoms. The van der Waals surface area contributed by atoms with Crippen molar-refractivity contribution in [3.63, 3.8) is 0 Å². The number of aromatic nitrogens is 1. The van der Waals surface area contributed by atoms with Gasteiger partial charge in [0.15, 0.2) is 11.5 Å². The van der Waals surface area contributed by atoms with E-state index >= 15 is 0 Å². The molecule has 148 valence electrons. The van der Waals surface area contributed by atoms with Crippen LogP contribution in [0.4, 0.5) is 0 Å². The van der Waals surface area contributed by atoms with Crippen LogP contribution in [0.1, 0.15) is 27.7 Å². The zero-order valence-corrected chi connectivity index (χ0v) is 15.9. The summed E-state index contributed by atoms with van der Waals surface area (Å²) in [6, 6.07) is 8.06. The highest BCUT2D eigenvalue weighted by Crippen LogP contribution is 2.42. The number of aliphatic hydroxyl groups is 1. The first-order valence-electron chi connectivity index (χ1n) is 8.36. The fourth-order valence-electron chi connectivity index (χ4n) is 3.16. The molecule has 0 aliphatic carbocycles. The van der Waals surface area contributed by atoms with Crippen LogP contribution in [0.5, 0.6) is 23.0 Å². The third-order valence-corrected chi connectivity index (χ3v) is 4.51. The van der Waals surface area contributed by atoms with E-state index in [9.17, 15) is 15.0 Å².